The van der Waals surface area contributed by atoms with E-state index in [0.717, 1.165) is 0 Å². The summed E-state index contributed by atoms with van der Waals surface area (Å²) in [5.41, 5.74) is 6.61. The number of nitrogens with one attached hydrogen (secondary N) is 1. The van der Waals surface area contributed by atoms with Crippen molar-refractivity contribution in [2.24, 2.45) is 10.2 Å². The van der Waals surface area contributed by atoms with Crippen LogP contribution in [0.1, 0.15) is 13.8 Å². The van der Waals surface area contributed by atoms with Crippen molar-refractivity contribution in [2.75, 3.05) is 31.2 Å². The number of hydrogen-bond acceptors (Lipinski definition) is 8. The molecule has 0 atom stereocenters. The predicted octanol–water partition coefficient (Wildman–Crippen LogP) is 4.10. The number of carbonyl (C=O) groups excluding carboxylic acids is 2. The Kier molecular flexibility index (Phi) is 7.26. The molecule has 148 valence electrons. The molecule has 28 heavy (non-hydrogen) atoms. The maximum absolute atomic E-state index is 12.2. The van der Waals surface area contributed by atoms with E-state index in [-0.39, 0.29) is 23.1 Å². The van der Waals surface area contributed by atoms with Crippen molar-refractivity contribution in [1.29, 1.82) is 0 Å². The monoisotopic (exact) mass is 386 g/mol. The molecule has 0 aliphatic rings. The van der Waals surface area contributed by atoms with Crippen LogP contribution in [0, 0.1) is 0 Å². The zero-order valence-electron chi connectivity index (χ0n) is 15.9. The zero-order chi connectivity index (χ0) is 20.5. The number of aromatic nitrogens is 1. The Balaban J connectivity index is 2.38. The third-order valence-corrected chi connectivity index (χ3v) is 3.65. The third kappa shape index (κ3) is 5.40. The summed E-state index contributed by atoms with van der Waals surface area (Å²) in [6.07, 6.45) is -1.32. The lowest BCUT2D eigenvalue weighted by atomic mass is 10.3. The van der Waals surface area contributed by atoms with Gasteiger partial charge >= 0.3 is 12.2 Å². The summed E-state index contributed by atoms with van der Waals surface area (Å²) in [5, 5.41) is 10.6. The lowest BCUT2D eigenvalue weighted by Crippen LogP contribution is -2.33. The highest BCUT2D eigenvalue weighted by Crippen LogP contribution is 2.33. The molecular formula is C18H22N6O4. The molecule has 1 aromatic carbocycles. The molecule has 10 nitrogen and oxygen atoms in total. The van der Waals surface area contributed by atoms with Crippen molar-refractivity contribution in [3.63, 3.8) is 0 Å². The summed E-state index contributed by atoms with van der Waals surface area (Å²) in [5.74, 6) is -0.0634. The molecular weight excluding hydrogens is 364 g/mol. The van der Waals surface area contributed by atoms with Gasteiger partial charge in [0, 0.05) is 19.2 Å². The standard InChI is InChI=1S/C18H22N6O4/c1-4-24(5-2)18(26)28-14-11-13(23-22-12-9-7-6-8-10-12)16(20-15(14)19)21-17(25)27-3/h6-11H,4-5H2,1-3H3,(H3,19,20,21,25). The number of methoxy groups -OCH3 is 1. The minimum Gasteiger partial charge on any atom is -0.453 e. The summed E-state index contributed by atoms with van der Waals surface area (Å²) >= 11 is 0. The number of carbonyl (C=O) groups is 2. The minimum atomic E-state index is -0.754. The average molecular weight is 386 g/mol. The number of rotatable bonds is 6. The molecule has 2 aromatic rings. The first-order valence-corrected chi connectivity index (χ1v) is 8.57. The Labute approximate surface area is 162 Å². The second-order valence-electron chi connectivity index (χ2n) is 5.43. The van der Waals surface area contributed by atoms with Gasteiger partial charge < -0.3 is 20.1 Å². The SMILES string of the molecule is CCN(CC)C(=O)Oc1cc(N=Nc2ccccc2)c(NC(=O)OC)nc1N. The van der Waals surface area contributed by atoms with E-state index in [2.05, 4.69) is 25.3 Å². The molecule has 0 bridgehead atoms. The lowest BCUT2D eigenvalue weighted by molar-refractivity contribution is 0.157. The fraction of sp³-hybridized carbons (Fsp3) is 0.278. The number of pyridine rings is 1. The number of nitrogens with zero attached hydrogens (tertiary/aromatic N) is 4. The van der Waals surface area contributed by atoms with E-state index in [4.69, 9.17) is 10.5 Å². The first-order chi connectivity index (χ1) is 13.5. The van der Waals surface area contributed by atoms with Gasteiger partial charge in [-0.15, -0.1) is 5.11 Å². The largest absolute Gasteiger partial charge is 0.453 e. The Morgan fingerprint density at radius 3 is 2.46 bits per heavy atom. The molecule has 0 spiro atoms. The molecule has 1 heterocycles. The van der Waals surface area contributed by atoms with Crippen LogP contribution in [0.25, 0.3) is 0 Å². The van der Waals surface area contributed by atoms with E-state index in [9.17, 15) is 9.59 Å². The summed E-state index contributed by atoms with van der Waals surface area (Å²) in [7, 11) is 1.21. The molecule has 1 aromatic heterocycles. The fourth-order valence-electron chi connectivity index (χ4n) is 2.14. The normalized spacial score (nSPS) is 10.5. The van der Waals surface area contributed by atoms with Gasteiger partial charge in [0.05, 0.1) is 12.8 Å². The number of nitrogens with two attached hydrogens (primary N) is 1. The van der Waals surface area contributed by atoms with Crippen molar-refractivity contribution in [2.45, 2.75) is 13.8 Å². The van der Waals surface area contributed by atoms with Crippen LogP contribution in [0.5, 0.6) is 5.75 Å². The van der Waals surface area contributed by atoms with Gasteiger partial charge in [-0.2, -0.15) is 5.11 Å². The second-order valence-corrected chi connectivity index (χ2v) is 5.43. The van der Waals surface area contributed by atoms with Crippen molar-refractivity contribution in [3.8, 4) is 5.75 Å². The van der Waals surface area contributed by atoms with Crippen LogP contribution in [0.15, 0.2) is 46.6 Å². The molecule has 3 N–H and O–H groups in total. The molecule has 0 saturated heterocycles. The minimum absolute atomic E-state index is 0.00864. The van der Waals surface area contributed by atoms with Gasteiger partial charge in [0.1, 0.15) is 5.69 Å². The molecule has 10 heteroatoms. The predicted molar refractivity (Wildman–Crippen MR) is 104 cm³/mol. The van der Waals surface area contributed by atoms with E-state index in [1.165, 1.54) is 18.1 Å². The van der Waals surface area contributed by atoms with Gasteiger partial charge in [-0.1, -0.05) is 18.2 Å². The molecule has 0 aliphatic carbocycles. The zero-order valence-corrected chi connectivity index (χ0v) is 15.9. The molecule has 0 radical (unpaired) electrons. The molecule has 0 saturated carbocycles. The van der Waals surface area contributed by atoms with Gasteiger partial charge in [0.15, 0.2) is 17.4 Å². The first kappa shape index (κ1) is 20.6. The number of nitrogen functional groups attached to an aromatic ring is 1. The van der Waals surface area contributed by atoms with Crippen molar-refractivity contribution >= 4 is 35.2 Å². The third-order valence-electron chi connectivity index (χ3n) is 3.65. The van der Waals surface area contributed by atoms with Crippen LogP contribution in [0.4, 0.5) is 32.6 Å². The van der Waals surface area contributed by atoms with E-state index in [1.54, 1.807) is 24.3 Å². The van der Waals surface area contributed by atoms with Crippen LogP contribution < -0.4 is 15.8 Å². The van der Waals surface area contributed by atoms with Gasteiger partial charge in [0.25, 0.3) is 0 Å². The number of amides is 2. The quantitative estimate of drug-likeness (QED) is 0.719. The van der Waals surface area contributed by atoms with E-state index < -0.39 is 12.2 Å². The van der Waals surface area contributed by atoms with Gasteiger partial charge in [-0.25, -0.2) is 14.6 Å². The molecule has 0 aliphatic heterocycles. The fourth-order valence-corrected chi connectivity index (χ4v) is 2.14. The highest BCUT2D eigenvalue weighted by atomic mass is 16.6. The van der Waals surface area contributed by atoms with Crippen LogP contribution in [-0.2, 0) is 4.74 Å². The molecule has 2 rings (SSSR count). The number of anilines is 2. The van der Waals surface area contributed by atoms with Crippen LogP contribution in [0.3, 0.4) is 0 Å². The van der Waals surface area contributed by atoms with Crippen LogP contribution in [-0.4, -0.2) is 42.3 Å². The number of ether oxygens (including phenoxy) is 2. The van der Waals surface area contributed by atoms with Gasteiger partial charge in [-0.05, 0) is 26.0 Å². The smallest absolute Gasteiger partial charge is 0.415 e. The summed E-state index contributed by atoms with van der Waals surface area (Å²) < 4.78 is 9.89. The summed E-state index contributed by atoms with van der Waals surface area (Å²) in [6.45, 7) is 4.61. The topological polar surface area (TPSA) is 132 Å². The average Bonchev–Trinajstić information content (AvgIpc) is 2.70. The molecule has 0 unspecified atom stereocenters. The lowest BCUT2D eigenvalue weighted by Gasteiger charge is -2.18. The second kappa shape index (κ2) is 9.86. The highest BCUT2D eigenvalue weighted by Gasteiger charge is 2.18. The Morgan fingerprint density at radius 2 is 1.86 bits per heavy atom. The van der Waals surface area contributed by atoms with E-state index in [1.807, 2.05) is 19.9 Å². The number of benzene rings is 1. The number of azo groups is 1. The highest BCUT2D eigenvalue weighted by molar-refractivity contribution is 5.88. The summed E-state index contributed by atoms with van der Waals surface area (Å²) in [6, 6.07) is 10.3. The van der Waals surface area contributed by atoms with Gasteiger partial charge in [-0.3, -0.25) is 5.32 Å². The maximum Gasteiger partial charge on any atom is 0.415 e. The van der Waals surface area contributed by atoms with E-state index in [0.29, 0.717) is 18.8 Å². The Bertz CT molecular complexity index is 853. The number of hydrogen-bond donors (Lipinski definition) is 2. The van der Waals surface area contributed by atoms with Crippen molar-refractivity contribution in [1.82, 2.24) is 9.88 Å². The van der Waals surface area contributed by atoms with Gasteiger partial charge in [0.2, 0.25) is 0 Å². The van der Waals surface area contributed by atoms with E-state index >= 15 is 0 Å². The van der Waals surface area contributed by atoms with Crippen LogP contribution in [0.2, 0.25) is 0 Å². The van der Waals surface area contributed by atoms with Crippen molar-refractivity contribution in [3.05, 3.63) is 36.4 Å². The Morgan fingerprint density at radius 1 is 1.18 bits per heavy atom. The van der Waals surface area contributed by atoms with Crippen molar-refractivity contribution < 1.29 is 19.1 Å². The Hall–Kier alpha value is -3.69. The summed E-state index contributed by atoms with van der Waals surface area (Å²) in [4.78, 5) is 29.3. The van der Waals surface area contributed by atoms with Crippen LogP contribution >= 0.6 is 0 Å². The first-order valence-electron chi connectivity index (χ1n) is 8.57. The molecule has 0 fully saturated rings. The maximum atomic E-state index is 12.2. The molecule has 2 amide bonds.